The Balaban J connectivity index is 1.95. The lowest BCUT2D eigenvalue weighted by molar-refractivity contribution is -0.718. The maximum atomic E-state index is 12.2. The molecule has 98 valence electrons. The molecular formula is C17H14NOS+. The van der Waals surface area contributed by atoms with Gasteiger partial charge in [0.1, 0.15) is 0 Å². The smallest absolute Gasteiger partial charge is 0.238 e. The first-order chi connectivity index (χ1) is 9.74. The van der Waals surface area contributed by atoms with E-state index in [2.05, 4.69) is 12.6 Å². The molecule has 0 saturated heterocycles. The molecule has 20 heavy (non-hydrogen) atoms. The number of hydrogen-bond acceptors (Lipinski definition) is 2. The van der Waals surface area contributed by atoms with E-state index in [9.17, 15) is 4.79 Å². The van der Waals surface area contributed by atoms with Crippen LogP contribution in [0.1, 0.15) is 10.4 Å². The molecule has 0 aliphatic carbocycles. The average molecular weight is 280 g/mol. The number of nitrogens with zero attached hydrogens (tertiary/aromatic N) is 1. The van der Waals surface area contributed by atoms with Crippen LogP contribution in [0.25, 0.3) is 10.8 Å². The van der Waals surface area contributed by atoms with Gasteiger partial charge in [-0.05, 0) is 11.5 Å². The second kappa shape index (κ2) is 5.47. The molecule has 3 rings (SSSR count). The first-order valence-corrected chi connectivity index (χ1v) is 6.88. The number of hydrogen-bond donors (Lipinski definition) is 1. The molecule has 1 aromatic heterocycles. The van der Waals surface area contributed by atoms with Crippen LogP contribution in [0.5, 0.6) is 0 Å². The van der Waals surface area contributed by atoms with Crippen LogP contribution in [0, 0.1) is 0 Å². The maximum Gasteiger partial charge on any atom is 0.238 e. The van der Waals surface area contributed by atoms with E-state index in [0.29, 0.717) is 6.54 Å². The molecule has 0 bridgehead atoms. The highest BCUT2D eigenvalue weighted by Crippen LogP contribution is 2.14. The van der Waals surface area contributed by atoms with Crippen molar-refractivity contribution < 1.29 is 9.36 Å². The Morgan fingerprint density at radius 2 is 1.60 bits per heavy atom. The van der Waals surface area contributed by atoms with Crippen molar-refractivity contribution in [1.82, 2.24) is 0 Å². The SMILES string of the molecule is O=C(C[n+]1cc2ccccc2cc1S)c1ccccc1. The van der Waals surface area contributed by atoms with Crippen LogP contribution < -0.4 is 4.57 Å². The van der Waals surface area contributed by atoms with Crippen molar-refractivity contribution in [3.63, 3.8) is 0 Å². The fraction of sp³-hybridized carbons (Fsp3) is 0.0588. The summed E-state index contributed by atoms with van der Waals surface area (Å²) in [6, 6.07) is 19.4. The summed E-state index contributed by atoms with van der Waals surface area (Å²) in [5.74, 6) is 0.0844. The molecule has 0 unspecified atom stereocenters. The molecule has 0 spiro atoms. The summed E-state index contributed by atoms with van der Waals surface area (Å²) in [7, 11) is 0. The minimum atomic E-state index is 0.0844. The van der Waals surface area contributed by atoms with E-state index < -0.39 is 0 Å². The third-order valence-corrected chi connectivity index (χ3v) is 3.67. The quantitative estimate of drug-likeness (QED) is 0.443. The van der Waals surface area contributed by atoms with Crippen LogP contribution in [0.15, 0.2) is 71.9 Å². The van der Waals surface area contributed by atoms with Gasteiger partial charge in [-0.1, -0.05) is 61.2 Å². The number of thiol groups is 1. The van der Waals surface area contributed by atoms with Crippen LogP contribution in [-0.4, -0.2) is 5.78 Å². The summed E-state index contributed by atoms with van der Waals surface area (Å²) in [5, 5.41) is 3.01. The molecule has 0 amide bonds. The molecule has 0 aliphatic rings. The largest absolute Gasteiger partial charge is 0.287 e. The summed E-state index contributed by atoms with van der Waals surface area (Å²) in [5.41, 5.74) is 0.723. The Morgan fingerprint density at radius 3 is 2.35 bits per heavy atom. The van der Waals surface area contributed by atoms with Gasteiger partial charge in [0.05, 0.1) is 0 Å². The van der Waals surface area contributed by atoms with Gasteiger partial charge in [-0.3, -0.25) is 4.79 Å². The minimum Gasteiger partial charge on any atom is -0.287 e. The summed E-state index contributed by atoms with van der Waals surface area (Å²) < 4.78 is 1.88. The highest BCUT2D eigenvalue weighted by Gasteiger charge is 2.15. The number of ketones is 1. The van der Waals surface area contributed by atoms with Gasteiger partial charge in [0.2, 0.25) is 17.4 Å². The van der Waals surface area contributed by atoms with Gasteiger partial charge in [0, 0.05) is 17.0 Å². The van der Waals surface area contributed by atoms with E-state index in [4.69, 9.17) is 0 Å². The van der Waals surface area contributed by atoms with Crippen LogP contribution in [0.3, 0.4) is 0 Å². The van der Waals surface area contributed by atoms with E-state index in [1.807, 2.05) is 71.4 Å². The Hall–Kier alpha value is -2.13. The molecule has 0 radical (unpaired) electrons. The first kappa shape index (κ1) is 12.9. The first-order valence-electron chi connectivity index (χ1n) is 6.43. The second-order valence-electron chi connectivity index (χ2n) is 4.68. The Kier molecular flexibility index (Phi) is 3.52. The average Bonchev–Trinajstić information content (AvgIpc) is 2.49. The highest BCUT2D eigenvalue weighted by atomic mass is 32.1. The van der Waals surface area contributed by atoms with Crippen LogP contribution in [-0.2, 0) is 6.54 Å². The number of Topliss-reactive ketones (excluding diaryl/α,β-unsaturated/α-hetero) is 1. The van der Waals surface area contributed by atoms with Crippen molar-refractivity contribution in [2.45, 2.75) is 11.6 Å². The number of carbonyl (C=O) groups is 1. The van der Waals surface area contributed by atoms with Crippen molar-refractivity contribution in [2.24, 2.45) is 0 Å². The zero-order chi connectivity index (χ0) is 13.9. The van der Waals surface area contributed by atoms with Crippen LogP contribution >= 0.6 is 12.6 Å². The zero-order valence-corrected chi connectivity index (χ0v) is 11.8. The second-order valence-corrected chi connectivity index (χ2v) is 5.14. The number of fused-ring (bicyclic) bond motifs is 1. The number of benzene rings is 2. The summed E-state index contributed by atoms with van der Waals surface area (Å²) in [4.78, 5) is 12.2. The van der Waals surface area contributed by atoms with E-state index in [-0.39, 0.29) is 5.78 Å². The van der Waals surface area contributed by atoms with E-state index >= 15 is 0 Å². The standard InChI is InChI=1S/C17H13NOS/c19-16(13-6-2-1-3-7-13)12-18-11-15-9-5-4-8-14(15)10-17(18)20/h1-11H,12H2/p+1. The Morgan fingerprint density at radius 1 is 0.950 bits per heavy atom. The molecule has 3 heteroatoms. The molecule has 2 aromatic carbocycles. The minimum absolute atomic E-state index is 0.0844. The molecule has 3 aromatic rings. The topological polar surface area (TPSA) is 20.9 Å². The van der Waals surface area contributed by atoms with Crippen molar-refractivity contribution in [3.05, 3.63) is 72.4 Å². The molecule has 0 N–H and O–H groups in total. The molecule has 0 fully saturated rings. The monoisotopic (exact) mass is 280 g/mol. The fourth-order valence-electron chi connectivity index (χ4n) is 2.21. The van der Waals surface area contributed by atoms with Crippen molar-refractivity contribution >= 4 is 29.2 Å². The van der Waals surface area contributed by atoms with Gasteiger partial charge in [0.15, 0.2) is 6.20 Å². The van der Waals surface area contributed by atoms with E-state index in [1.54, 1.807) is 0 Å². The highest BCUT2D eigenvalue weighted by molar-refractivity contribution is 7.80. The summed E-state index contributed by atoms with van der Waals surface area (Å²) in [6.07, 6.45) is 1.97. The van der Waals surface area contributed by atoms with Gasteiger partial charge in [-0.25, -0.2) is 0 Å². The van der Waals surface area contributed by atoms with Crippen molar-refractivity contribution in [2.75, 3.05) is 0 Å². The third-order valence-electron chi connectivity index (χ3n) is 3.28. The molecule has 1 heterocycles. The molecule has 0 aliphatic heterocycles. The van der Waals surface area contributed by atoms with Gasteiger partial charge in [-0.2, -0.15) is 4.57 Å². The number of pyridine rings is 1. The number of aromatic nitrogens is 1. The zero-order valence-electron chi connectivity index (χ0n) is 10.9. The fourth-order valence-corrected chi connectivity index (χ4v) is 2.48. The van der Waals surface area contributed by atoms with Gasteiger partial charge in [-0.15, -0.1) is 0 Å². The van der Waals surface area contributed by atoms with Crippen LogP contribution in [0.4, 0.5) is 0 Å². The summed E-state index contributed by atoms with van der Waals surface area (Å²) >= 11 is 4.47. The number of carbonyl (C=O) groups excluding carboxylic acids is 1. The lowest BCUT2D eigenvalue weighted by Gasteiger charge is -2.02. The van der Waals surface area contributed by atoms with Crippen LogP contribution in [0.2, 0.25) is 0 Å². The predicted molar refractivity (Wildman–Crippen MR) is 82.2 cm³/mol. The lowest BCUT2D eigenvalue weighted by Crippen LogP contribution is -2.39. The van der Waals surface area contributed by atoms with Crippen molar-refractivity contribution in [3.8, 4) is 0 Å². The Labute approximate surface area is 123 Å². The number of rotatable bonds is 3. The molecule has 2 nitrogen and oxygen atoms in total. The lowest BCUT2D eigenvalue weighted by atomic mass is 10.1. The molecule has 0 saturated carbocycles. The van der Waals surface area contributed by atoms with E-state index in [0.717, 1.165) is 21.4 Å². The van der Waals surface area contributed by atoms with Crippen molar-refractivity contribution in [1.29, 1.82) is 0 Å². The maximum absolute atomic E-state index is 12.2. The predicted octanol–water partition coefficient (Wildman–Crippen LogP) is 3.30. The van der Waals surface area contributed by atoms with Gasteiger partial charge in [0.25, 0.3) is 0 Å². The Bertz CT molecular complexity index is 768. The van der Waals surface area contributed by atoms with E-state index in [1.165, 1.54) is 0 Å². The summed E-state index contributed by atoms with van der Waals surface area (Å²) in [6.45, 7) is 0.299. The molecular weight excluding hydrogens is 266 g/mol. The van der Waals surface area contributed by atoms with Gasteiger partial charge >= 0.3 is 0 Å². The normalized spacial score (nSPS) is 10.7. The third kappa shape index (κ3) is 2.58. The molecule has 0 atom stereocenters. The van der Waals surface area contributed by atoms with Gasteiger partial charge < -0.3 is 0 Å².